The molecule has 0 amide bonds. The Labute approximate surface area is 120 Å². The predicted molar refractivity (Wildman–Crippen MR) is 77.3 cm³/mol. The van der Waals surface area contributed by atoms with E-state index in [1.54, 1.807) is 0 Å². The summed E-state index contributed by atoms with van der Waals surface area (Å²) in [6.07, 6.45) is 2.22. The van der Waals surface area contributed by atoms with E-state index in [1.165, 1.54) is 12.7 Å². The second kappa shape index (κ2) is 7.41. The van der Waals surface area contributed by atoms with Gasteiger partial charge in [0.05, 0.1) is 19.8 Å². The Morgan fingerprint density at radius 1 is 1.30 bits per heavy atom. The largest absolute Gasteiger partial charge is 0.468 e. The maximum atomic E-state index is 11.5. The number of piperidine rings is 1. The van der Waals surface area contributed by atoms with E-state index >= 15 is 0 Å². The molecular weight excluding hydrogens is 254 g/mol. The lowest BCUT2D eigenvalue weighted by Crippen LogP contribution is -2.45. The maximum absolute atomic E-state index is 11.5. The summed E-state index contributed by atoms with van der Waals surface area (Å²) in [5, 5.41) is 0. The third kappa shape index (κ3) is 4.05. The summed E-state index contributed by atoms with van der Waals surface area (Å²) in [4.78, 5) is 13.7. The summed E-state index contributed by atoms with van der Waals surface area (Å²) in [5.41, 5.74) is 1.21. The number of carbonyl (C=O) groups excluding carboxylic acids is 1. The Morgan fingerprint density at radius 3 is 2.55 bits per heavy atom. The first-order valence-electron chi connectivity index (χ1n) is 7.18. The van der Waals surface area contributed by atoms with Gasteiger partial charge in [-0.15, -0.1) is 0 Å². The molecule has 2 rings (SSSR count). The Hall–Kier alpha value is -1.39. The molecule has 0 N–H and O–H groups in total. The molecule has 1 heterocycles. The molecule has 0 unspecified atom stereocenters. The van der Waals surface area contributed by atoms with Crippen LogP contribution < -0.4 is 0 Å². The van der Waals surface area contributed by atoms with Crippen LogP contribution in [0.4, 0.5) is 0 Å². The van der Waals surface area contributed by atoms with Gasteiger partial charge in [0.25, 0.3) is 0 Å². The summed E-state index contributed by atoms with van der Waals surface area (Å²) in [6, 6.07) is 10.1. The van der Waals surface area contributed by atoms with Crippen LogP contribution in [0.1, 0.15) is 25.3 Å². The number of hydrogen-bond donors (Lipinski definition) is 0. The van der Waals surface area contributed by atoms with Gasteiger partial charge in [-0.1, -0.05) is 30.3 Å². The van der Waals surface area contributed by atoms with Crippen molar-refractivity contribution in [2.24, 2.45) is 0 Å². The molecule has 110 valence electrons. The summed E-state index contributed by atoms with van der Waals surface area (Å²) >= 11 is 0. The van der Waals surface area contributed by atoms with Gasteiger partial charge in [0, 0.05) is 13.1 Å². The normalized spacial score (nSPS) is 18.7. The van der Waals surface area contributed by atoms with E-state index < -0.39 is 0 Å². The molecule has 4 heteroatoms. The number of ether oxygens (including phenoxy) is 2. The molecule has 0 bridgehead atoms. The first-order valence-corrected chi connectivity index (χ1v) is 7.18. The molecule has 1 fully saturated rings. The van der Waals surface area contributed by atoms with Crippen molar-refractivity contribution in [1.82, 2.24) is 4.90 Å². The highest BCUT2D eigenvalue weighted by Crippen LogP contribution is 2.17. The van der Waals surface area contributed by atoms with Crippen LogP contribution in [0.25, 0.3) is 0 Å². The third-order valence-corrected chi connectivity index (χ3v) is 3.90. The second-order valence-electron chi connectivity index (χ2n) is 5.23. The molecule has 1 aliphatic rings. The van der Waals surface area contributed by atoms with E-state index in [0.717, 1.165) is 25.9 Å². The number of likely N-dealkylation sites (tertiary alicyclic amines) is 1. The molecule has 4 nitrogen and oxygen atoms in total. The van der Waals surface area contributed by atoms with Gasteiger partial charge in [0.1, 0.15) is 6.04 Å². The van der Waals surface area contributed by atoms with Crippen molar-refractivity contribution in [3.05, 3.63) is 35.9 Å². The minimum atomic E-state index is -0.159. The highest BCUT2D eigenvalue weighted by molar-refractivity contribution is 5.75. The van der Waals surface area contributed by atoms with E-state index in [4.69, 9.17) is 9.47 Å². The predicted octanol–water partition coefficient (Wildman–Crippen LogP) is 2.23. The van der Waals surface area contributed by atoms with Gasteiger partial charge in [0.2, 0.25) is 0 Å². The van der Waals surface area contributed by atoms with Gasteiger partial charge in [-0.2, -0.15) is 0 Å². The number of nitrogens with zero attached hydrogens (tertiary/aromatic N) is 1. The van der Waals surface area contributed by atoms with Crippen molar-refractivity contribution >= 4 is 5.97 Å². The highest BCUT2D eigenvalue weighted by Gasteiger charge is 2.27. The SMILES string of the molecule is COC(=O)[C@H](C)N1CCC(OCc2ccccc2)CC1. The monoisotopic (exact) mass is 277 g/mol. The van der Waals surface area contributed by atoms with E-state index in [1.807, 2.05) is 25.1 Å². The summed E-state index contributed by atoms with van der Waals surface area (Å²) in [5.74, 6) is -0.159. The van der Waals surface area contributed by atoms with Crippen LogP contribution in [-0.2, 0) is 20.9 Å². The number of esters is 1. The molecule has 20 heavy (non-hydrogen) atoms. The van der Waals surface area contributed by atoms with Crippen molar-refractivity contribution in [3.8, 4) is 0 Å². The molecule has 0 radical (unpaired) electrons. The molecule has 1 aliphatic heterocycles. The lowest BCUT2D eigenvalue weighted by molar-refractivity contribution is -0.147. The van der Waals surface area contributed by atoms with Crippen molar-refractivity contribution in [1.29, 1.82) is 0 Å². The van der Waals surface area contributed by atoms with Crippen molar-refractivity contribution < 1.29 is 14.3 Å². The molecule has 0 aliphatic carbocycles. The topological polar surface area (TPSA) is 38.8 Å². The Kier molecular flexibility index (Phi) is 5.56. The van der Waals surface area contributed by atoms with Crippen LogP contribution in [0.15, 0.2) is 30.3 Å². The lowest BCUT2D eigenvalue weighted by atomic mass is 10.1. The molecule has 1 saturated heterocycles. The lowest BCUT2D eigenvalue weighted by Gasteiger charge is -2.34. The van der Waals surface area contributed by atoms with Gasteiger partial charge >= 0.3 is 5.97 Å². The molecule has 0 aromatic heterocycles. The van der Waals surface area contributed by atoms with Crippen LogP contribution in [-0.4, -0.2) is 43.2 Å². The van der Waals surface area contributed by atoms with Crippen LogP contribution in [0, 0.1) is 0 Å². The zero-order valence-electron chi connectivity index (χ0n) is 12.2. The second-order valence-corrected chi connectivity index (χ2v) is 5.23. The number of rotatable bonds is 5. The fourth-order valence-corrected chi connectivity index (χ4v) is 2.54. The molecule has 1 atom stereocenters. The van der Waals surface area contributed by atoms with Crippen LogP contribution in [0.5, 0.6) is 0 Å². The van der Waals surface area contributed by atoms with E-state index in [0.29, 0.717) is 6.61 Å². The standard InChI is InChI=1S/C16H23NO3/c1-13(16(18)19-2)17-10-8-15(9-11-17)20-12-14-6-4-3-5-7-14/h3-7,13,15H,8-12H2,1-2H3/t13-/m0/s1. The zero-order chi connectivity index (χ0) is 14.4. The summed E-state index contributed by atoms with van der Waals surface area (Å²) in [6.45, 7) is 4.33. The Balaban J connectivity index is 1.73. The van der Waals surface area contributed by atoms with Crippen molar-refractivity contribution in [2.45, 2.75) is 38.5 Å². The van der Waals surface area contributed by atoms with Crippen LogP contribution in [0.2, 0.25) is 0 Å². The Morgan fingerprint density at radius 2 is 1.95 bits per heavy atom. The quantitative estimate of drug-likeness (QED) is 0.774. The average molecular weight is 277 g/mol. The molecule has 1 aromatic carbocycles. The number of methoxy groups -OCH3 is 1. The zero-order valence-corrected chi connectivity index (χ0v) is 12.2. The average Bonchev–Trinajstić information content (AvgIpc) is 2.53. The van der Waals surface area contributed by atoms with Gasteiger partial charge in [-0.3, -0.25) is 9.69 Å². The minimum absolute atomic E-state index is 0.157. The van der Waals surface area contributed by atoms with Crippen molar-refractivity contribution in [3.63, 3.8) is 0 Å². The van der Waals surface area contributed by atoms with E-state index in [2.05, 4.69) is 17.0 Å². The van der Waals surface area contributed by atoms with Crippen LogP contribution >= 0.6 is 0 Å². The molecular formula is C16H23NO3. The summed E-state index contributed by atoms with van der Waals surface area (Å²) < 4.78 is 10.7. The molecule has 0 spiro atoms. The first-order chi connectivity index (χ1) is 9.70. The van der Waals surface area contributed by atoms with Crippen LogP contribution in [0.3, 0.4) is 0 Å². The number of benzene rings is 1. The fourth-order valence-electron chi connectivity index (χ4n) is 2.54. The van der Waals surface area contributed by atoms with Gasteiger partial charge in [-0.25, -0.2) is 0 Å². The molecule has 0 saturated carbocycles. The summed E-state index contributed by atoms with van der Waals surface area (Å²) in [7, 11) is 1.44. The highest BCUT2D eigenvalue weighted by atomic mass is 16.5. The van der Waals surface area contributed by atoms with Gasteiger partial charge in [0.15, 0.2) is 0 Å². The number of carbonyl (C=O) groups is 1. The smallest absolute Gasteiger partial charge is 0.322 e. The Bertz CT molecular complexity index is 413. The number of hydrogen-bond acceptors (Lipinski definition) is 4. The maximum Gasteiger partial charge on any atom is 0.322 e. The minimum Gasteiger partial charge on any atom is -0.468 e. The van der Waals surface area contributed by atoms with Gasteiger partial charge < -0.3 is 9.47 Å². The van der Waals surface area contributed by atoms with Crippen molar-refractivity contribution in [2.75, 3.05) is 20.2 Å². The van der Waals surface area contributed by atoms with E-state index in [-0.39, 0.29) is 18.1 Å². The molecule has 1 aromatic rings. The van der Waals surface area contributed by atoms with E-state index in [9.17, 15) is 4.79 Å². The first kappa shape index (κ1) is 15.0. The third-order valence-electron chi connectivity index (χ3n) is 3.90. The fraction of sp³-hybridized carbons (Fsp3) is 0.562. The van der Waals surface area contributed by atoms with Gasteiger partial charge in [-0.05, 0) is 25.3 Å².